The Morgan fingerprint density at radius 2 is 1.64 bits per heavy atom. The van der Waals surface area contributed by atoms with Crippen molar-refractivity contribution in [3.63, 3.8) is 0 Å². The molecule has 0 radical (unpaired) electrons. The Kier molecular flexibility index (Phi) is 6.75. The first-order chi connectivity index (χ1) is 12.3. The number of amides is 1. The zero-order valence-electron chi connectivity index (χ0n) is 15.4. The lowest BCUT2D eigenvalue weighted by atomic mass is 10.2. The fraction of sp³-hybridized carbons (Fsp3) is 0.882. The third kappa shape index (κ3) is 5.22. The van der Waals surface area contributed by atoms with E-state index in [1.165, 1.54) is 12.8 Å². The van der Waals surface area contributed by atoms with Gasteiger partial charge in [0.05, 0.1) is 13.1 Å². The van der Waals surface area contributed by atoms with Gasteiger partial charge < -0.3 is 4.90 Å². The summed E-state index contributed by atoms with van der Waals surface area (Å²) < 4.78 is 1.90. The minimum Gasteiger partial charge on any atom is -0.342 e. The second-order valence-corrected chi connectivity index (χ2v) is 7.17. The Labute approximate surface area is 150 Å². The highest BCUT2D eigenvalue weighted by atomic mass is 16.2. The van der Waals surface area contributed by atoms with Crippen molar-refractivity contribution in [2.45, 2.75) is 52.1 Å². The van der Waals surface area contributed by atoms with Crippen molar-refractivity contribution in [1.82, 2.24) is 34.9 Å². The molecule has 1 amide bonds. The number of hydrogen-bond donors (Lipinski definition) is 0. The number of piperazine rings is 1. The van der Waals surface area contributed by atoms with Crippen LogP contribution in [0.3, 0.4) is 0 Å². The smallest absolute Gasteiger partial charge is 0.236 e. The molecule has 0 unspecified atom stereocenters. The number of nitrogens with zero attached hydrogens (tertiary/aromatic N) is 7. The van der Waals surface area contributed by atoms with Crippen molar-refractivity contribution in [2.75, 3.05) is 45.8 Å². The van der Waals surface area contributed by atoms with Crippen LogP contribution in [0.4, 0.5) is 0 Å². The Morgan fingerprint density at radius 3 is 2.32 bits per heavy atom. The van der Waals surface area contributed by atoms with Gasteiger partial charge in [-0.15, -0.1) is 5.10 Å². The molecule has 0 bridgehead atoms. The molecule has 0 atom stereocenters. The van der Waals surface area contributed by atoms with E-state index in [0.717, 1.165) is 77.4 Å². The third-order valence-electron chi connectivity index (χ3n) is 5.19. The highest BCUT2D eigenvalue weighted by Crippen LogP contribution is 2.11. The summed E-state index contributed by atoms with van der Waals surface area (Å²) >= 11 is 0. The second-order valence-electron chi connectivity index (χ2n) is 7.17. The fourth-order valence-corrected chi connectivity index (χ4v) is 3.64. The van der Waals surface area contributed by atoms with E-state index in [1.54, 1.807) is 0 Å². The molecule has 25 heavy (non-hydrogen) atoms. The maximum atomic E-state index is 12.5. The van der Waals surface area contributed by atoms with Crippen LogP contribution in [-0.4, -0.2) is 86.6 Å². The number of tetrazole rings is 1. The number of aromatic nitrogens is 4. The highest BCUT2D eigenvalue weighted by Gasteiger charge is 2.23. The first kappa shape index (κ1) is 18.3. The van der Waals surface area contributed by atoms with Gasteiger partial charge in [0.1, 0.15) is 0 Å². The monoisotopic (exact) mass is 349 g/mol. The topological polar surface area (TPSA) is 70.4 Å². The van der Waals surface area contributed by atoms with E-state index in [2.05, 4.69) is 37.1 Å². The molecule has 0 spiro atoms. The SMILES string of the molecule is CCCn1nnnc1CN1CCN(CC(=O)N2CCCCCC2)CC1. The normalized spacial score (nSPS) is 20.6. The summed E-state index contributed by atoms with van der Waals surface area (Å²) in [4.78, 5) is 19.3. The van der Waals surface area contributed by atoms with Crippen LogP contribution in [0.5, 0.6) is 0 Å². The lowest BCUT2D eigenvalue weighted by Gasteiger charge is -2.35. The molecule has 3 heterocycles. The summed E-state index contributed by atoms with van der Waals surface area (Å²) in [5.74, 6) is 1.25. The number of aryl methyl sites for hydroxylation is 1. The largest absolute Gasteiger partial charge is 0.342 e. The van der Waals surface area contributed by atoms with Gasteiger partial charge in [0.15, 0.2) is 5.82 Å². The van der Waals surface area contributed by atoms with Crippen molar-refractivity contribution in [3.05, 3.63) is 5.82 Å². The molecule has 8 heteroatoms. The standard InChI is InChI=1S/C17H31N7O/c1-2-7-24-16(18-19-20-24)14-21-10-12-22(13-11-21)15-17(25)23-8-5-3-4-6-9-23/h2-15H2,1H3. The molecule has 1 aromatic heterocycles. The number of likely N-dealkylation sites (tertiary alicyclic amines) is 1. The molecule has 0 aliphatic carbocycles. The molecule has 2 aliphatic rings. The quantitative estimate of drug-likeness (QED) is 0.749. The highest BCUT2D eigenvalue weighted by molar-refractivity contribution is 5.78. The van der Waals surface area contributed by atoms with E-state index in [4.69, 9.17) is 0 Å². The van der Waals surface area contributed by atoms with Gasteiger partial charge in [-0.25, -0.2) is 4.68 Å². The lowest BCUT2D eigenvalue weighted by molar-refractivity contribution is -0.132. The molecule has 1 aromatic rings. The summed E-state index contributed by atoms with van der Waals surface area (Å²) in [6.45, 7) is 10.1. The zero-order chi connectivity index (χ0) is 17.5. The molecule has 8 nitrogen and oxygen atoms in total. The Bertz CT molecular complexity index is 531. The van der Waals surface area contributed by atoms with Gasteiger partial charge >= 0.3 is 0 Å². The van der Waals surface area contributed by atoms with Gasteiger partial charge in [-0.3, -0.25) is 14.6 Å². The van der Waals surface area contributed by atoms with Crippen molar-refractivity contribution in [2.24, 2.45) is 0 Å². The van der Waals surface area contributed by atoms with Crippen LogP contribution in [0.15, 0.2) is 0 Å². The average molecular weight is 349 g/mol. The number of carbonyl (C=O) groups is 1. The molecule has 0 aromatic carbocycles. The van der Waals surface area contributed by atoms with Gasteiger partial charge in [0.2, 0.25) is 5.91 Å². The molecule has 0 saturated carbocycles. The minimum absolute atomic E-state index is 0.308. The average Bonchev–Trinajstić information content (AvgIpc) is 2.88. The molecular formula is C17H31N7O. The number of carbonyl (C=O) groups excluding carboxylic acids is 1. The van der Waals surface area contributed by atoms with Gasteiger partial charge in [-0.1, -0.05) is 19.8 Å². The maximum Gasteiger partial charge on any atom is 0.236 e. The summed E-state index contributed by atoms with van der Waals surface area (Å²) in [6.07, 6.45) is 5.88. The predicted molar refractivity (Wildman–Crippen MR) is 94.9 cm³/mol. The van der Waals surface area contributed by atoms with Gasteiger partial charge in [-0.05, 0) is 29.7 Å². The maximum absolute atomic E-state index is 12.5. The van der Waals surface area contributed by atoms with Crippen LogP contribution in [0.2, 0.25) is 0 Å². The van der Waals surface area contributed by atoms with E-state index in [-0.39, 0.29) is 0 Å². The van der Waals surface area contributed by atoms with E-state index in [9.17, 15) is 4.79 Å². The first-order valence-electron chi connectivity index (χ1n) is 9.74. The number of rotatable bonds is 6. The van der Waals surface area contributed by atoms with Crippen LogP contribution in [0.25, 0.3) is 0 Å². The van der Waals surface area contributed by atoms with Gasteiger partial charge in [-0.2, -0.15) is 0 Å². The van der Waals surface area contributed by atoms with Crippen molar-refractivity contribution < 1.29 is 4.79 Å². The predicted octanol–water partition coefficient (Wildman–Crippen LogP) is 0.603. The summed E-state index contributed by atoms with van der Waals surface area (Å²) in [6, 6.07) is 0. The Hall–Kier alpha value is -1.54. The van der Waals surface area contributed by atoms with Crippen molar-refractivity contribution in [3.8, 4) is 0 Å². The van der Waals surface area contributed by atoms with E-state index in [0.29, 0.717) is 12.5 Å². The van der Waals surface area contributed by atoms with E-state index < -0.39 is 0 Å². The summed E-state index contributed by atoms with van der Waals surface area (Å²) in [5.41, 5.74) is 0. The molecule has 3 rings (SSSR count). The van der Waals surface area contributed by atoms with Crippen LogP contribution < -0.4 is 0 Å². The van der Waals surface area contributed by atoms with Crippen LogP contribution in [0.1, 0.15) is 44.9 Å². The minimum atomic E-state index is 0.308. The summed E-state index contributed by atoms with van der Waals surface area (Å²) in [7, 11) is 0. The molecule has 2 saturated heterocycles. The van der Waals surface area contributed by atoms with Gasteiger partial charge in [0.25, 0.3) is 0 Å². The third-order valence-corrected chi connectivity index (χ3v) is 5.19. The van der Waals surface area contributed by atoms with Gasteiger partial charge in [0, 0.05) is 45.8 Å². The van der Waals surface area contributed by atoms with E-state index >= 15 is 0 Å². The van der Waals surface area contributed by atoms with Crippen molar-refractivity contribution in [1.29, 1.82) is 0 Å². The molecule has 2 aliphatic heterocycles. The van der Waals surface area contributed by atoms with Crippen LogP contribution >= 0.6 is 0 Å². The first-order valence-corrected chi connectivity index (χ1v) is 9.74. The van der Waals surface area contributed by atoms with Crippen LogP contribution in [-0.2, 0) is 17.9 Å². The molecule has 0 N–H and O–H groups in total. The Balaban J connectivity index is 1.42. The van der Waals surface area contributed by atoms with Crippen molar-refractivity contribution >= 4 is 5.91 Å². The molecule has 140 valence electrons. The number of hydrogen-bond acceptors (Lipinski definition) is 6. The Morgan fingerprint density at radius 1 is 0.960 bits per heavy atom. The zero-order valence-corrected chi connectivity index (χ0v) is 15.4. The molecule has 2 fully saturated rings. The second kappa shape index (κ2) is 9.24. The summed E-state index contributed by atoms with van der Waals surface area (Å²) in [5, 5.41) is 12.0. The lowest BCUT2D eigenvalue weighted by Crippen LogP contribution is -2.50. The van der Waals surface area contributed by atoms with E-state index in [1.807, 2.05) is 4.68 Å². The van der Waals surface area contributed by atoms with Crippen LogP contribution in [0, 0.1) is 0 Å². The molecular weight excluding hydrogens is 318 g/mol. The fourth-order valence-electron chi connectivity index (χ4n) is 3.64.